The van der Waals surface area contributed by atoms with Crippen molar-refractivity contribution >= 4 is 17.5 Å². The van der Waals surface area contributed by atoms with Crippen LogP contribution in [0.5, 0.6) is 23.0 Å². The fourth-order valence-electron chi connectivity index (χ4n) is 6.10. The normalized spacial score (nSPS) is 14.5. The minimum Gasteiger partial charge on any atom is -0.507 e. The van der Waals surface area contributed by atoms with Gasteiger partial charge in [-0.1, -0.05) is 91.4 Å². The average molecular weight is 667 g/mol. The lowest BCUT2D eigenvalue weighted by atomic mass is 9.98. The zero-order chi connectivity index (χ0) is 34.9. The first-order valence-corrected chi connectivity index (χ1v) is 18.4. The maximum Gasteiger partial charge on any atom is 0.347 e. The molecule has 0 aliphatic carbocycles. The van der Waals surface area contributed by atoms with Gasteiger partial charge in [-0.25, -0.2) is 4.79 Å². The lowest BCUT2D eigenvalue weighted by molar-refractivity contribution is -0.152. The van der Waals surface area contributed by atoms with Gasteiger partial charge < -0.3 is 24.1 Å². The zero-order valence-corrected chi connectivity index (χ0v) is 30.0. The van der Waals surface area contributed by atoms with Crippen LogP contribution in [-0.4, -0.2) is 41.6 Å². The summed E-state index contributed by atoms with van der Waals surface area (Å²) in [4.78, 5) is 37.7. The Morgan fingerprint density at radius 2 is 1.42 bits per heavy atom. The van der Waals surface area contributed by atoms with Crippen molar-refractivity contribution in [1.29, 1.82) is 0 Å². The van der Waals surface area contributed by atoms with Crippen LogP contribution in [0.25, 0.3) is 0 Å². The standard InChI is InChI=1S/C40H58O8/c1-6-9-11-12-13-14-15-16-17-18-25-45-40(44)35-23-21-30-26-33(29(5)42)37(27-36(30)46-35)48-38(20-10-7-2)47-34-24-22-31(28(4)41)39(43)32(34)19-8-3/h22,24,26-27,35,38,43H,6-21,23,25H2,1-5H3. The molecule has 8 nitrogen and oxygen atoms in total. The molecule has 3 rings (SSSR count). The van der Waals surface area contributed by atoms with Gasteiger partial charge in [0.2, 0.25) is 6.29 Å². The van der Waals surface area contributed by atoms with Crippen LogP contribution >= 0.6 is 0 Å². The SMILES string of the molecule is CCCCCCCCCCCCOC(=O)C1CCc2cc(C(C)=O)c(OC(CCCC)Oc3ccc(C(C)=O)c(O)c3CCC)cc2O1. The third kappa shape index (κ3) is 11.9. The van der Waals surface area contributed by atoms with E-state index in [1.807, 2.05) is 6.92 Å². The van der Waals surface area contributed by atoms with Gasteiger partial charge in [0, 0.05) is 18.1 Å². The molecule has 8 heteroatoms. The molecular formula is C40H58O8. The summed E-state index contributed by atoms with van der Waals surface area (Å²) in [5.74, 6) is 0.413. The van der Waals surface area contributed by atoms with E-state index in [4.69, 9.17) is 18.9 Å². The highest BCUT2D eigenvalue weighted by Gasteiger charge is 2.30. The topological polar surface area (TPSA) is 108 Å². The molecule has 48 heavy (non-hydrogen) atoms. The van der Waals surface area contributed by atoms with Gasteiger partial charge in [-0.15, -0.1) is 0 Å². The van der Waals surface area contributed by atoms with Crippen LogP contribution in [0.1, 0.15) is 163 Å². The molecule has 0 saturated heterocycles. The van der Waals surface area contributed by atoms with Crippen LogP contribution in [0.15, 0.2) is 24.3 Å². The number of hydrogen-bond donors (Lipinski definition) is 1. The Bertz CT molecular complexity index is 1330. The van der Waals surface area contributed by atoms with Gasteiger partial charge >= 0.3 is 5.97 Å². The summed E-state index contributed by atoms with van der Waals surface area (Å²) in [6.45, 7) is 9.59. The van der Waals surface area contributed by atoms with Crippen molar-refractivity contribution in [2.24, 2.45) is 0 Å². The summed E-state index contributed by atoms with van der Waals surface area (Å²) in [6.07, 6.45) is 15.2. The van der Waals surface area contributed by atoms with E-state index in [9.17, 15) is 19.5 Å². The van der Waals surface area contributed by atoms with Crippen LogP contribution in [0.4, 0.5) is 0 Å². The fraction of sp³-hybridized carbons (Fsp3) is 0.625. The molecule has 266 valence electrons. The summed E-state index contributed by atoms with van der Waals surface area (Å²) >= 11 is 0. The molecule has 0 spiro atoms. The minimum absolute atomic E-state index is 0.0752. The van der Waals surface area contributed by atoms with Crippen LogP contribution in [-0.2, 0) is 22.4 Å². The number of phenolic OH excluding ortho intramolecular Hbond substituents is 1. The second kappa shape index (κ2) is 20.7. The minimum atomic E-state index is -0.773. The average Bonchev–Trinajstić information content (AvgIpc) is 3.06. The molecule has 2 aromatic rings. The Balaban J connectivity index is 1.66. The van der Waals surface area contributed by atoms with Gasteiger partial charge in [0.25, 0.3) is 0 Å². The van der Waals surface area contributed by atoms with E-state index in [1.165, 1.54) is 58.8 Å². The first-order chi connectivity index (χ1) is 23.2. The quantitative estimate of drug-likeness (QED) is 0.0540. The van der Waals surface area contributed by atoms with E-state index in [-0.39, 0.29) is 28.8 Å². The number of hydrogen-bond acceptors (Lipinski definition) is 8. The van der Waals surface area contributed by atoms with Gasteiger partial charge in [-0.05, 0) is 69.7 Å². The van der Waals surface area contributed by atoms with Crippen LogP contribution in [0.2, 0.25) is 0 Å². The summed E-state index contributed by atoms with van der Waals surface area (Å²) < 4.78 is 24.4. The monoisotopic (exact) mass is 666 g/mol. The number of benzene rings is 2. The van der Waals surface area contributed by atoms with Crippen LogP contribution in [0.3, 0.4) is 0 Å². The molecule has 2 aromatic carbocycles. The predicted molar refractivity (Wildman–Crippen MR) is 189 cm³/mol. The number of unbranched alkanes of at least 4 members (excludes halogenated alkanes) is 10. The number of esters is 1. The molecule has 0 amide bonds. The molecular weight excluding hydrogens is 608 g/mol. The number of carbonyl (C=O) groups is 3. The Morgan fingerprint density at radius 3 is 2.04 bits per heavy atom. The van der Waals surface area contributed by atoms with Crippen molar-refractivity contribution in [2.45, 2.75) is 156 Å². The van der Waals surface area contributed by atoms with Crippen molar-refractivity contribution in [1.82, 2.24) is 0 Å². The lowest BCUT2D eigenvalue weighted by Crippen LogP contribution is -2.33. The Hall–Kier alpha value is -3.55. The van der Waals surface area contributed by atoms with Crippen molar-refractivity contribution in [3.05, 3.63) is 46.5 Å². The number of phenols is 1. The summed E-state index contributed by atoms with van der Waals surface area (Å²) in [5, 5.41) is 10.9. The third-order valence-corrected chi connectivity index (χ3v) is 8.92. The number of aromatic hydroxyl groups is 1. The third-order valence-electron chi connectivity index (χ3n) is 8.92. The molecule has 2 unspecified atom stereocenters. The van der Waals surface area contributed by atoms with Crippen LogP contribution < -0.4 is 14.2 Å². The van der Waals surface area contributed by atoms with E-state index in [2.05, 4.69) is 13.8 Å². The molecule has 0 saturated carbocycles. The van der Waals surface area contributed by atoms with Gasteiger partial charge in [0.05, 0.1) is 17.7 Å². The number of rotatable bonds is 23. The highest BCUT2D eigenvalue weighted by atomic mass is 16.7. The molecule has 0 fully saturated rings. The highest BCUT2D eigenvalue weighted by molar-refractivity contribution is 5.98. The Kier molecular flexibility index (Phi) is 16.8. The first kappa shape index (κ1) is 38.9. The van der Waals surface area contributed by atoms with Crippen molar-refractivity contribution in [2.75, 3.05) is 6.61 Å². The first-order valence-electron chi connectivity index (χ1n) is 18.4. The number of carbonyl (C=O) groups excluding carboxylic acids is 3. The molecule has 1 heterocycles. The van der Waals surface area contributed by atoms with Gasteiger partial charge in [-0.2, -0.15) is 0 Å². The molecule has 0 bridgehead atoms. The lowest BCUT2D eigenvalue weighted by Gasteiger charge is -2.27. The van der Waals surface area contributed by atoms with Crippen molar-refractivity contribution in [3.8, 4) is 23.0 Å². The van der Waals surface area contributed by atoms with Crippen molar-refractivity contribution in [3.63, 3.8) is 0 Å². The van der Waals surface area contributed by atoms with Gasteiger partial charge in [-0.3, -0.25) is 9.59 Å². The maximum atomic E-state index is 12.9. The van der Waals surface area contributed by atoms with E-state index >= 15 is 0 Å². The molecule has 0 radical (unpaired) electrons. The second-order valence-electron chi connectivity index (χ2n) is 13.1. The summed E-state index contributed by atoms with van der Waals surface area (Å²) in [6, 6.07) is 6.72. The number of aryl methyl sites for hydroxylation is 1. The van der Waals surface area contributed by atoms with E-state index in [1.54, 1.807) is 24.3 Å². The van der Waals surface area contributed by atoms with Gasteiger partial charge in [0.1, 0.15) is 23.0 Å². The second-order valence-corrected chi connectivity index (χ2v) is 13.1. The Morgan fingerprint density at radius 1 is 0.792 bits per heavy atom. The largest absolute Gasteiger partial charge is 0.507 e. The number of fused-ring (bicyclic) bond motifs is 1. The molecule has 1 N–H and O–H groups in total. The smallest absolute Gasteiger partial charge is 0.347 e. The molecule has 1 aliphatic rings. The maximum absolute atomic E-state index is 12.9. The fourth-order valence-corrected chi connectivity index (χ4v) is 6.10. The van der Waals surface area contributed by atoms with E-state index < -0.39 is 12.4 Å². The number of ether oxygens (including phenoxy) is 4. The summed E-state index contributed by atoms with van der Waals surface area (Å²) in [5.41, 5.74) is 2.05. The molecule has 1 aliphatic heterocycles. The number of Topliss-reactive ketones (excluding diaryl/α,β-unsaturated/α-hetero) is 2. The zero-order valence-electron chi connectivity index (χ0n) is 30.0. The van der Waals surface area contributed by atoms with Crippen molar-refractivity contribution < 1.29 is 38.4 Å². The molecule has 2 atom stereocenters. The predicted octanol–water partition coefficient (Wildman–Crippen LogP) is 9.88. The summed E-state index contributed by atoms with van der Waals surface area (Å²) in [7, 11) is 0. The van der Waals surface area contributed by atoms with Gasteiger partial charge in [0.15, 0.2) is 17.7 Å². The molecule has 0 aromatic heterocycles. The Labute approximate surface area is 287 Å². The number of ketones is 2. The van der Waals surface area contributed by atoms with E-state index in [0.717, 1.165) is 44.1 Å². The van der Waals surface area contributed by atoms with Crippen LogP contribution in [0, 0.1) is 0 Å². The van der Waals surface area contributed by atoms with E-state index in [0.29, 0.717) is 60.7 Å². The highest BCUT2D eigenvalue weighted by Crippen LogP contribution is 2.38.